The predicted octanol–water partition coefficient (Wildman–Crippen LogP) is 1.17. The minimum Gasteiger partial charge on any atom is -0.347 e. The summed E-state index contributed by atoms with van der Waals surface area (Å²) in [6, 6.07) is 1.26. The van der Waals surface area contributed by atoms with E-state index in [0.29, 0.717) is 25.1 Å². The number of rotatable bonds is 3. The molecular weight excluding hydrogens is 261 g/mol. The van der Waals surface area contributed by atoms with Crippen LogP contribution in [0.3, 0.4) is 0 Å². The maximum absolute atomic E-state index is 12.3. The topological polar surface area (TPSA) is 61.0 Å². The smallest absolute Gasteiger partial charge is 0.347 e. The van der Waals surface area contributed by atoms with Crippen LogP contribution in [0.4, 0.5) is 13.2 Å². The molecule has 0 aromatic carbocycles. The van der Waals surface area contributed by atoms with Gasteiger partial charge >= 0.3 is 6.18 Å². The van der Waals surface area contributed by atoms with E-state index in [9.17, 15) is 18.0 Å². The third-order valence-electron chi connectivity index (χ3n) is 2.99. The maximum Gasteiger partial charge on any atom is 0.401 e. The Bertz CT molecular complexity index is 418. The van der Waals surface area contributed by atoms with Crippen molar-refractivity contribution in [2.75, 3.05) is 19.6 Å². The summed E-state index contributed by atoms with van der Waals surface area (Å²) in [5.41, 5.74) is 0.313. The normalized spacial score (nSPS) is 21.3. The Balaban J connectivity index is 1.86. The van der Waals surface area contributed by atoms with Crippen molar-refractivity contribution in [3.05, 3.63) is 18.0 Å². The van der Waals surface area contributed by atoms with Gasteiger partial charge in [-0.2, -0.15) is 18.3 Å². The number of likely N-dealkylation sites (tertiary alicyclic amines) is 1. The van der Waals surface area contributed by atoms with Crippen molar-refractivity contribution in [1.29, 1.82) is 0 Å². The van der Waals surface area contributed by atoms with Gasteiger partial charge in [0.2, 0.25) is 0 Å². The van der Waals surface area contributed by atoms with Crippen LogP contribution in [0.2, 0.25) is 0 Å². The highest BCUT2D eigenvalue weighted by atomic mass is 19.4. The molecule has 2 N–H and O–H groups in total. The Morgan fingerprint density at radius 1 is 1.58 bits per heavy atom. The molecule has 2 heterocycles. The third-order valence-corrected chi connectivity index (χ3v) is 2.99. The largest absolute Gasteiger partial charge is 0.401 e. The number of aromatic nitrogens is 2. The zero-order valence-electron chi connectivity index (χ0n) is 10.2. The molecule has 0 bridgehead atoms. The first-order valence-electron chi connectivity index (χ1n) is 6.03. The molecule has 5 nitrogen and oxygen atoms in total. The van der Waals surface area contributed by atoms with Crippen LogP contribution in [-0.4, -0.2) is 52.9 Å². The predicted molar refractivity (Wildman–Crippen MR) is 61.6 cm³/mol. The molecule has 1 fully saturated rings. The van der Waals surface area contributed by atoms with E-state index in [1.807, 2.05) is 0 Å². The van der Waals surface area contributed by atoms with Crippen LogP contribution in [0.25, 0.3) is 0 Å². The number of hydrogen-bond acceptors (Lipinski definition) is 3. The molecule has 2 rings (SSSR count). The van der Waals surface area contributed by atoms with Crippen LogP contribution < -0.4 is 5.32 Å². The molecule has 1 saturated heterocycles. The van der Waals surface area contributed by atoms with E-state index in [0.717, 1.165) is 0 Å². The number of aromatic amines is 1. The molecule has 19 heavy (non-hydrogen) atoms. The number of nitrogens with zero attached hydrogens (tertiary/aromatic N) is 2. The summed E-state index contributed by atoms with van der Waals surface area (Å²) in [5, 5.41) is 8.89. The maximum atomic E-state index is 12.3. The summed E-state index contributed by atoms with van der Waals surface area (Å²) in [6.07, 6.45) is -1.42. The van der Waals surface area contributed by atoms with Gasteiger partial charge in [0.15, 0.2) is 0 Å². The average molecular weight is 276 g/mol. The molecule has 1 unspecified atom stereocenters. The zero-order valence-corrected chi connectivity index (χ0v) is 10.2. The number of amides is 1. The van der Waals surface area contributed by atoms with E-state index in [-0.39, 0.29) is 18.5 Å². The van der Waals surface area contributed by atoms with E-state index in [1.165, 1.54) is 17.2 Å². The summed E-state index contributed by atoms with van der Waals surface area (Å²) in [5.74, 6) is -0.337. The van der Waals surface area contributed by atoms with Gasteiger partial charge in [0, 0.05) is 18.8 Å². The molecule has 1 aliphatic rings. The molecule has 0 spiro atoms. The molecule has 1 aromatic rings. The van der Waals surface area contributed by atoms with E-state index in [2.05, 4.69) is 15.5 Å². The second-order valence-corrected chi connectivity index (χ2v) is 4.63. The molecule has 1 aliphatic heterocycles. The van der Waals surface area contributed by atoms with Crippen LogP contribution in [0.15, 0.2) is 12.3 Å². The van der Waals surface area contributed by atoms with E-state index >= 15 is 0 Å². The van der Waals surface area contributed by atoms with Crippen molar-refractivity contribution < 1.29 is 18.0 Å². The minimum absolute atomic E-state index is 0.222. The lowest BCUT2D eigenvalue weighted by molar-refractivity contribution is -0.148. The van der Waals surface area contributed by atoms with Crippen molar-refractivity contribution in [2.45, 2.75) is 25.1 Å². The van der Waals surface area contributed by atoms with Gasteiger partial charge in [-0.1, -0.05) is 0 Å². The summed E-state index contributed by atoms with van der Waals surface area (Å²) >= 11 is 0. The van der Waals surface area contributed by atoms with Gasteiger partial charge in [-0.25, -0.2) is 0 Å². The lowest BCUT2D eigenvalue weighted by Gasteiger charge is -2.33. The number of piperidine rings is 1. The van der Waals surface area contributed by atoms with Crippen molar-refractivity contribution in [2.24, 2.45) is 0 Å². The van der Waals surface area contributed by atoms with Gasteiger partial charge in [-0.05, 0) is 25.5 Å². The van der Waals surface area contributed by atoms with Crippen LogP contribution in [0.5, 0.6) is 0 Å². The Kier molecular flexibility index (Phi) is 4.08. The lowest BCUT2D eigenvalue weighted by Crippen LogP contribution is -2.50. The Morgan fingerprint density at radius 2 is 2.37 bits per heavy atom. The van der Waals surface area contributed by atoms with Crippen LogP contribution in [0.1, 0.15) is 23.3 Å². The van der Waals surface area contributed by atoms with Gasteiger partial charge in [-0.15, -0.1) is 0 Å². The van der Waals surface area contributed by atoms with E-state index in [1.54, 1.807) is 0 Å². The molecule has 106 valence electrons. The highest BCUT2D eigenvalue weighted by Crippen LogP contribution is 2.19. The molecular formula is C11H15F3N4O. The van der Waals surface area contributed by atoms with Crippen molar-refractivity contribution in [3.63, 3.8) is 0 Å². The Labute approximate surface area is 108 Å². The van der Waals surface area contributed by atoms with Gasteiger partial charge in [0.25, 0.3) is 5.91 Å². The lowest BCUT2D eigenvalue weighted by atomic mass is 10.1. The summed E-state index contributed by atoms with van der Waals surface area (Å²) in [4.78, 5) is 13.1. The van der Waals surface area contributed by atoms with Crippen molar-refractivity contribution in [1.82, 2.24) is 20.4 Å². The third kappa shape index (κ3) is 4.23. The number of halogens is 3. The fraction of sp³-hybridized carbons (Fsp3) is 0.636. The number of H-pyrrole nitrogens is 1. The number of carbonyl (C=O) groups excluding carboxylic acids is 1. The summed E-state index contributed by atoms with van der Waals surface area (Å²) in [6.45, 7) is -0.293. The molecule has 0 radical (unpaired) electrons. The number of hydrogen-bond donors (Lipinski definition) is 2. The van der Waals surface area contributed by atoms with Gasteiger partial charge in [-0.3, -0.25) is 14.8 Å². The first-order valence-corrected chi connectivity index (χ1v) is 6.03. The number of alkyl halides is 3. The second kappa shape index (κ2) is 5.60. The number of carbonyl (C=O) groups is 1. The Hall–Kier alpha value is -1.57. The van der Waals surface area contributed by atoms with Crippen molar-refractivity contribution >= 4 is 5.91 Å². The quantitative estimate of drug-likeness (QED) is 0.871. The molecule has 1 aromatic heterocycles. The van der Waals surface area contributed by atoms with Crippen LogP contribution in [-0.2, 0) is 0 Å². The second-order valence-electron chi connectivity index (χ2n) is 4.63. The first kappa shape index (κ1) is 13.9. The highest BCUT2D eigenvalue weighted by molar-refractivity contribution is 5.92. The first-order chi connectivity index (χ1) is 8.94. The van der Waals surface area contributed by atoms with E-state index < -0.39 is 12.7 Å². The molecule has 1 atom stereocenters. The SMILES string of the molecule is O=C(NC1CCCN(CC(F)(F)F)C1)c1ccn[nH]1. The molecule has 0 aliphatic carbocycles. The van der Waals surface area contributed by atoms with Crippen LogP contribution in [0, 0.1) is 0 Å². The van der Waals surface area contributed by atoms with Gasteiger partial charge in [0.05, 0.1) is 6.54 Å². The fourth-order valence-corrected chi connectivity index (χ4v) is 2.22. The molecule has 1 amide bonds. The van der Waals surface area contributed by atoms with Gasteiger partial charge < -0.3 is 5.32 Å². The highest BCUT2D eigenvalue weighted by Gasteiger charge is 2.33. The monoisotopic (exact) mass is 276 g/mol. The van der Waals surface area contributed by atoms with Crippen LogP contribution >= 0.6 is 0 Å². The molecule has 0 saturated carbocycles. The average Bonchev–Trinajstić information content (AvgIpc) is 2.80. The van der Waals surface area contributed by atoms with Gasteiger partial charge in [0.1, 0.15) is 5.69 Å². The molecule has 8 heteroatoms. The zero-order chi connectivity index (χ0) is 13.9. The standard InChI is InChI=1S/C11H15F3N4O/c12-11(13,14)7-18-5-1-2-8(6-18)16-10(19)9-3-4-15-17-9/h3-4,8H,1-2,5-7H2,(H,15,17)(H,16,19). The van der Waals surface area contributed by atoms with E-state index in [4.69, 9.17) is 0 Å². The summed E-state index contributed by atoms with van der Waals surface area (Å²) < 4.78 is 36.9. The minimum atomic E-state index is -4.20. The number of nitrogens with one attached hydrogen (secondary N) is 2. The van der Waals surface area contributed by atoms with Crippen molar-refractivity contribution in [3.8, 4) is 0 Å². The fourth-order valence-electron chi connectivity index (χ4n) is 2.22. The summed E-state index contributed by atoms with van der Waals surface area (Å²) in [7, 11) is 0. The Morgan fingerprint density at radius 3 is 3.00 bits per heavy atom.